The fourth-order valence-corrected chi connectivity index (χ4v) is 3.56. The second-order valence-electron chi connectivity index (χ2n) is 4.52. The van der Waals surface area contributed by atoms with Crippen molar-refractivity contribution in [2.24, 2.45) is 0 Å². The summed E-state index contributed by atoms with van der Waals surface area (Å²) < 4.78 is 27.0. The SMILES string of the molecule is Cc1ccc([N+](=O)[O-])cc1S(=O)(=O)N[C@H]1CCNC1. The molecule has 2 N–H and O–H groups in total. The molecule has 0 unspecified atom stereocenters. The second kappa shape index (κ2) is 5.24. The first-order valence-electron chi connectivity index (χ1n) is 5.88. The number of hydrogen-bond acceptors (Lipinski definition) is 5. The van der Waals surface area contributed by atoms with Crippen molar-refractivity contribution in [2.45, 2.75) is 24.3 Å². The summed E-state index contributed by atoms with van der Waals surface area (Å²) in [5.41, 5.74) is 0.263. The molecule has 1 heterocycles. The van der Waals surface area contributed by atoms with Gasteiger partial charge >= 0.3 is 0 Å². The highest BCUT2D eigenvalue weighted by Crippen LogP contribution is 2.22. The van der Waals surface area contributed by atoms with E-state index in [1.807, 2.05) is 0 Å². The molecule has 0 amide bonds. The Morgan fingerprint density at radius 2 is 2.21 bits per heavy atom. The summed E-state index contributed by atoms with van der Waals surface area (Å²) >= 11 is 0. The van der Waals surface area contributed by atoms with Gasteiger partial charge in [0, 0.05) is 24.7 Å². The molecular weight excluding hydrogens is 270 g/mol. The van der Waals surface area contributed by atoms with Crippen LogP contribution >= 0.6 is 0 Å². The lowest BCUT2D eigenvalue weighted by Gasteiger charge is -2.13. The van der Waals surface area contributed by atoms with Gasteiger partial charge < -0.3 is 5.32 Å². The molecule has 1 atom stereocenters. The van der Waals surface area contributed by atoms with Crippen molar-refractivity contribution < 1.29 is 13.3 Å². The van der Waals surface area contributed by atoms with Gasteiger partial charge in [0.15, 0.2) is 0 Å². The van der Waals surface area contributed by atoms with Crippen molar-refractivity contribution in [3.05, 3.63) is 33.9 Å². The number of nitrogens with one attached hydrogen (secondary N) is 2. The number of hydrogen-bond donors (Lipinski definition) is 2. The van der Waals surface area contributed by atoms with E-state index in [0.717, 1.165) is 12.6 Å². The monoisotopic (exact) mass is 285 g/mol. The second-order valence-corrected chi connectivity index (χ2v) is 6.20. The summed E-state index contributed by atoms with van der Waals surface area (Å²) in [5, 5.41) is 13.8. The molecule has 1 fully saturated rings. The van der Waals surface area contributed by atoms with Crippen LogP contribution in [0.1, 0.15) is 12.0 Å². The fourth-order valence-electron chi connectivity index (χ4n) is 2.03. The molecule has 1 aromatic carbocycles. The van der Waals surface area contributed by atoms with Gasteiger partial charge in [-0.2, -0.15) is 0 Å². The third-order valence-corrected chi connectivity index (χ3v) is 4.72. The van der Waals surface area contributed by atoms with Crippen LogP contribution in [0.15, 0.2) is 23.1 Å². The minimum atomic E-state index is -3.72. The van der Waals surface area contributed by atoms with Crippen LogP contribution in [0.5, 0.6) is 0 Å². The Balaban J connectivity index is 2.33. The molecule has 0 aromatic heterocycles. The Hall–Kier alpha value is -1.51. The van der Waals surface area contributed by atoms with Gasteiger partial charge in [-0.3, -0.25) is 10.1 Å². The normalized spacial score (nSPS) is 19.5. The lowest BCUT2D eigenvalue weighted by molar-refractivity contribution is -0.385. The van der Waals surface area contributed by atoms with Gasteiger partial charge in [0.25, 0.3) is 5.69 Å². The molecule has 0 aliphatic carbocycles. The molecule has 0 spiro atoms. The largest absolute Gasteiger partial charge is 0.315 e. The van der Waals surface area contributed by atoms with Crippen molar-refractivity contribution in [1.82, 2.24) is 10.0 Å². The van der Waals surface area contributed by atoms with E-state index < -0.39 is 14.9 Å². The van der Waals surface area contributed by atoms with E-state index in [9.17, 15) is 18.5 Å². The molecule has 1 aromatic rings. The van der Waals surface area contributed by atoms with Gasteiger partial charge in [-0.05, 0) is 25.5 Å². The van der Waals surface area contributed by atoms with Crippen LogP contribution < -0.4 is 10.0 Å². The van der Waals surface area contributed by atoms with E-state index in [0.29, 0.717) is 18.5 Å². The Bertz CT molecular complexity index is 594. The zero-order chi connectivity index (χ0) is 14.0. The van der Waals surface area contributed by atoms with Crippen LogP contribution in [0.3, 0.4) is 0 Å². The van der Waals surface area contributed by atoms with Crippen LogP contribution in [0.2, 0.25) is 0 Å². The molecule has 0 radical (unpaired) electrons. The number of nitro benzene ring substituents is 1. The van der Waals surface area contributed by atoms with Crippen molar-refractivity contribution >= 4 is 15.7 Å². The average molecular weight is 285 g/mol. The summed E-state index contributed by atoms with van der Waals surface area (Å²) in [5.74, 6) is 0. The maximum absolute atomic E-state index is 12.2. The molecule has 104 valence electrons. The zero-order valence-corrected chi connectivity index (χ0v) is 11.2. The predicted molar refractivity (Wildman–Crippen MR) is 69.4 cm³/mol. The van der Waals surface area contributed by atoms with E-state index in [4.69, 9.17) is 0 Å². The number of nitro groups is 1. The van der Waals surface area contributed by atoms with Crippen LogP contribution in [0.4, 0.5) is 5.69 Å². The van der Waals surface area contributed by atoms with Gasteiger partial charge in [-0.15, -0.1) is 0 Å². The van der Waals surface area contributed by atoms with Crippen molar-refractivity contribution in [2.75, 3.05) is 13.1 Å². The summed E-state index contributed by atoms with van der Waals surface area (Å²) in [6.45, 7) is 2.96. The fraction of sp³-hybridized carbons (Fsp3) is 0.455. The molecule has 2 rings (SSSR count). The van der Waals surface area contributed by atoms with Crippen molar-refractivity contribution in [1.29, 1.82) is 0 Å². The van der Waals surface area contributed by atoms with Gasteiger partial charge in [0.2, 0.25) is 10.0 Å². The number of aryl methyl sites for hydroxylation is 1. The van der Waals surface area contributed by atoms with Gasteiger partial charge in [-0.25, -0.2) is 13.1 Å². The van der Waals surface area contributed by atoms with E-state index in [2.05, 4.69) is 10.0 Å². The summed E-state index contributed by atoms with van der Waals surface area (Å²) in [6, 6.07) is 3.68. The first-order chi connectivity index (χ1) is 8.90. The summed E-state index contributed by atoms with van der Waals surface area (Å²) in [6.07, 6.45) is 0.715. The van der Waals surface area contributed by atoms with Crippen molar-refractivity contribution in [3.63, 3.8) is 0 Å². The predicted octanol–water partition coefficient (Wildman–Crippen LogP) is 0.543. The van der Waals surface area contributed by atoms with Crippen LogP contribution in [0.25, 0.3) is 0 Å². The van der Waals surface area contributed by atoms with E-state index in [1.165, 1.54) is 12.1 Å². The molecule has 1 aliphatic rings. The molecular formula is C11H15N3O4S. The smallest absolute Gasteiger partial charge is 0.270 e. The third kappa shape index (κ3) is 3.09. The van der Waals surface area contributed by atoms with Crippen LogP contribution in [-0.4, -0.2) is 32.5 Å². The molecule has 8 heteroatoms. The molecule has 7 nitrogen and oxygen atoms in total. The number of sulfonamides is 1. The number of benzene rings is 1. The van der Waals surface area contributed by atoms with E-state index in [1.54, 1.807) is 6.92 Å². The Labute approximate surface area is 111 Å². The lowest BCUT2D eigenvalue weighted by atomic mass is 10.2. The quantitative estimate of drug-likeness (QED) is 0.621. The Morgan fingerprint density at radius 3 is 2.79 bits per heavy atom. The van der Waals surface area contributed by atoms with Gasteiger partial charge in [0.1, 0.15) is 0 Å². The summed E-state index contributed by atoms with van der Waals surface area (Å²) in [7, 11) is -3.72. The maximum Gasteiger partial charge on any atom is 0.270 e. The lowest BCUT2D eigenvalue weighted by Crippen LogP contribution is -2.36. The van der Waals surface area contributed by atoms with Gasteiger partial charge in [-0.1, -0.05) is 6.07 Å². The highest BCUT2D eigenvalue weighted by Gasteiger charge is 2.25. The highest BCUT2D eigenvalue weighted by molar-refractivity contribution is 7.89. The zero-order valence-electron chi connectivity index (χ0n) is 10.4. The third-order valence-electron chi connectivity index (χ3n) is 3.05. The van der Waals surface area contributed by atoms with E-state index >= 15 is 0 Å². The number of non-ortho nitro benzene ring substituents is 1. The Kier molecular flexibility index (Phi) is 3.83. The van der Waals surface area contributed by atoms with Crippen LogP contribution in [-0.2, 0) is 10.0 Å². The molecule has 1 saturated heterocycles. The summed E-state index contributed by atoms with van der Waals surface area (Å²) in [4.78, 5) is 10.1. The Morgan fingerprint density at radius 1 is 1.47 bits per heavy atom. The first kappa shape index (κ1) is 13.9. The maximum atomic E-state index is 12.2. The van der Waals surface area contributed by atoms with Crippen molar-refractivity contribution in [3.8, 4) is 0 Å². The highest BCUT2D eigenvalue weighted by atomic mass is 32.2. The first-order valence-corrected chi connectivity index (χ1v) is 7.36. The minimum absolute atomic E-state index is 0.0337. The standard InChI is InChI=1S/C11H15N3O4S/c1-8-2-3-10(14(15)16)6-11(8)19(17,18)13-9-4-5-12-7-9/h2-3,6,9,12-13H,4-5,7H2,1H3/t9-/m0/s1. The topological polar surface area (TPSA) is 101 Å². The molecule has 19 heavy (non-hydrogen) atoms. The number of rotatable bonds is 4. The minimum Gasteiger partial charge on any atom is -0.315 e. The molecule has 0 bridgehead atoms. The number of nitrogens with zero attached hydrogens (tertiary/aromatic N) is 1. The molecule has 0 saturated carbocycles. The average Bonchev–Trinajstić information content (AvgIpc) is 2.81. The van der Waals surface area contributed by atoms with E-state index in [-0.39, 0.29) is 16.6 Å². The van der Waals surface area contributed by atoms with Gasteiger partial charge in [0.05, 0.1) is 9.82 Å². The molecule has 1 aliphatic heterocycles. The van der Waals surface area contributed by atoms with Crippen LogP contribution in [0, 0.1) is 17.0 Å².